The average molecular weight is 424 g/mol. The Morgan fingerprint density at radius 2 is 1.63 bits per heavy atom. The van der Waals surface area contributed by atoms with Crippen molar-refractivity contribution in [3.05, 3.63) is 48.5 Å². The van der Waals surface area contributed by atoms with Crippen molar-refractivity contribution in [2.24, 2.45) is 11.8 Å². The standard InChI is InChI=1S/C24H27N2O3S/c1-2-29-24(28)18-15-26(13-11-17(18)12-14-26)16-23(27)25-19-7-3-5-9-21(19)30-22-10-6-4-8-20(22)25/h3-10,17-18H,2,11-16H2,1H3/q+1. The number of carbonyl (C=O) groups excluding carboxylic acids is 2. The molecule has 6 rings (SSSR count). The highest BCUT2D eigenvalue weighted by Crippen LogP contribution is 2.48. The van der Waals surface area contributed by atoms with Gasteiger partial charge in [0.25, 0.3) is 5.91 Å². The summed E-state index contributed by atoms with van der Waals surface area (Å²) < 4.78 is 6.05. The van der Waals surface area contributed by atoms with Crippen molar-refractivity contribution >= 4 is 35.0 Å². The van der Waals surface area contributed by atoms with E-state index in [1.807, 2.05) is 48.2 Å². The number of carbonyl (C=O) groups is 2. The summed E-state index contributed by atoms with van der Waals surface area (Å²) in [5.74, 6) is 0.365. The molecule has 1 amide bonds. The maximum Gasteiger partial charge on any atom is 0.314 e. The molecule has 4 aliphatic heterocycles. The van der Waals surface area contributed by atoms with Gasteiger partial charge in [-0.15, -0.1) is 0 Å². The van der Waals surface area contributed by atoms with E-state index >= 15 is 0 Å². The SMILES string of the molecule is CCOC(=O)C1C[N+]2(CC(=O)N3c4ccccc4Sc4ccccc43)CCC1CC2. The largest absolute Gasteiger partial charge is 0.466 e. The van der Waals surface area contributed by atoms with Gasteiger partial charge >= 0.3 is 5.97 Å². The number of piperidine rings is 3. The first kappa shape index (κ1) is 19.6. The molecule has 30 heavy (non-hydrogen) atoms. The molecule has 1 unspecified atom stereocenters. The summed E-state index contributed by atoms with van der Waals surface area (Å²) in [6.07, 6.45) is 2.00. The fraction of sp³-hybridized carbons (Fsp3) is 0.417. The van der Waals surface area contributed by atoms with Crippen LogP contribution in [-0.4, -0.2) is 49.1 Å². The second-order valence-electron chi connectivity index (χ2n) is 8.59. The minimum atomic E-state index is -0.0816. The predicted molar refractivity (Wildman–Crippen MR) is 117 cm³/mol. The molecule has 0 aromatic heterocycles. The van der Waals surface area contributed by atoms with E-state index in [1.165, 1.54) is 0 Å². The summed E-state index contributed by atoms with van der Waals surface area (Å²) in [4.78, 5) is 30.4. The van der Waals surface area contributed by atoms with Crippen LogP contribution in [0.3, 0.4) is 0 Å². The van der Waals surface area contributed by atoms with E-state index in [1.54, 1.807) is 11.8 Å². The molecule has 0 radical (unpaired) electrons. The molecule has 3 saturated heterocycles. The Bertz CT molecular complexity index is 938. The normalized spacial score (nSPS) is 26.6. The number of nitrogens with zero attached hydrogens (tertiary/aromatic N) is 2. The summed E-state index contributed by atoms with van der Waals surface area (Å²) in [5, 5.41) is 0. The Labute approximate surface area is 181 Å². The van der Waals surface area contributed by atoms with Crippen LogP contribution in [0.5, 0.6) is 0 Å². The lowest BCUT2D eigenvalue weighted by molar-refractivity contribution is -0.938. The molecule has 2 aromatic rings. The molecule has 0 aliphatic carbocycles. The molecule has 4 aliphatic rings. The summed E-state index contributed by atoms with van der Waals surface area (Å²) in [6.45, 7) is 5.36. The van der Waals surface area contributed by atoms with Crippen LogP contribution in [-0.2, 0) is 14.3 Å². The van der Waals surface area contributed by atoms with E-state index in [0.29, 0.717) is 23.6 Å². The number of benzene rings is 2. The Kier molecular flexibility index (Phi) is 5.07. The highest BCUT2D eigenvalue weighted by Gasteiger charge is 2.50. The third-order valence-corrected chi connectivity index (χ3v) is 7.97. The minimum absolute atomic E-state index is 0.0725. The molecule has 4 heterocycles. The van der Waals surface area contributed by atoms with Crippen molar-refractivity contribution in [3.8, 4) is 0 Å². The lowest BCUT2D eigenvalue weighted by Crippen LogP contribution is -2.65. The van der Waals surface area contributed by atoms with Gasteiger partial charge in [-0.2, -0.15) is 0 Å². The second-order valence-corrected chi connectivity index (χ2v) is 9.68. The van der Waals surface area contributed by atoms with Gasteiger partial charge in [0.05, 0.1) is 37.6 Å². The highest BCUT2D eigenvalue weighted by molar-refractivity contribution is 7.99. The molecular weight excluding hydrogens is 396 g/mol. The number of quaternary nitrogens is 1. The first-order valence-corrected chi connectivity index (χ1v) is 11.6. The number of para-hydroxylation sites is 2. The molecule has 0 N–H and O–H groups in total. The Morgan fingerprint density at radius 1 is 1.03 bits per heavy atom. The van der Waals surface area contributed by atoms with Gasteiger partial charge in [-0.3, -0.25) is 14.5 Å². The molecule has 3 fully saturated rings. The first-order valence-electron chi connectivity index (χ1n) is 10.8. The van der Waals surface area contributed by atoms with Gasteiger partial charge in [0.1, 0.15) is 5.92 Å². The topological polar surface area (TPSA) is 46.6 Å². The minimum Gasteiger partial charge on any atom is -0.466 e. The second kappa shape index (κ2) is 7.75. The molecule has 156 valence electrons. The molecule has 2 bridgehead atoms. The van der Waals surface area contributed by atoms with Crippen molar-refractivity contribution in [2.75, 3.05) is 37.7 Å². The van der Waals surface area contributed by atoms with Crippen molar-refractivity contribution in [2.45, 2.75) is 29.6 Å². The number of anilines is 2. The Balaban J connectivity index is 1.44. The number of hydrogen-bond donors (Lipinski definition) is 0. The molecule has 6 heteroatoms. The van der Waals surface area contributed by atoms with E-state index < -0.39 is 0 Å². The maximum atomic E-state index is 13.8. The Hall–Kier alpha value is -2.31. The van der Waals surface area contributed by atoms with Gasteiger partial charge in [0.15, 0.2) is 6.54 Å². The number of esters is 1. The highest BCUT2D eigenvalue weighted by atomic mass is 32.2. The van der Waals surface area contributed by atoms with Crippen LogP contribution in [0.2, 0.25) is 0 Å². The van der Waals surface area contributed by atoms with Crippen LogP contribution in [0.25, 0.3) is 0 Å². The van der Waals surface area contributed by atoms with E-state index in [4.69, 9.17) is 4.74 Å². The molecule has 2 aromatic carbocycles. The average Bonchev–Trinajstić information content (AvgIpc) is 2.77. The molecule has 0 spiro atoms. The van der Waals surface area contributed by atoms with Crippen molar-refractivity contribution < 1.29 is 18.8 Å². The predicted octanol–water partition coefficient (Wildman–Crippen LogP) is 4.24. The fourth-order valence-electron chi connectivity index (χ4n) is 5.36. The first-order chi connectivity index (χ1) is 14.6. The van der Waals surface area contributed by atoms with Crippen molar-refractivity contribution in [1.82, 2.24) is 0 Å². The van der Waals surface area contributed by atoms with Crippen LogP contribution in [0.15, 0.2) is 58.3 Å². The summed E-state index contributed by atoms with van der Waals surface area (Å²) in [5.41, 5.74) is 1.91. The Morgan fingerprint density at radius 3 is 2.23 bits per heavy atom. The van der Waals surface area contributed by atoms with Gasteiger partial charge in [-0.25, -0.2) is 0 Å². The summed E-state index contributed by atoms with van der Waals surface area (Å²) >= 11 is 1.71. The fourth-order valence-corrected chi connectivity index (χ4v) is 6.41. The van der Waals surface area contributed by atoms with Gasteiger partial charge < -0.3 is 9.22 Å². The zero-order chi connectivity index (χ0) is 20.7. The zero-order valence-electron chi connectivity index (χ0n) is 17.3. The van der Waals surface area contributed by atoms with Crippen LogP contribution in [0.4, 0.5) is 11.4 Å². The van der Waals surface area contributed by atoms with Gasteiger partial charge in [-0.1, -0.05) is 36.0 Å². The molecule has 5 nitrogen and oxygen atoms in total. The van der Waals surface area contributed by atoms with Crippen LogP contribution in [0, 0.1) is 11.8 Å². The van der Waals surface area contributed by atoms with Gasteiger partial charge in [-0.05, 0) is 37.1 Å². The molecule has 0 saturated carbocycles. The third kappa shape index (κ3) is 3.32. The van der Waals surface area contributed by atoms with Crippen molar-refractivity contribution in [3.63, 3.8) is 0 Å². The monoisotopic (exact) mass is 423 g/mol. The quantitative estimate of drug-likeness (QED) is 0.545. The molecule has 1 atom stereocenters. The third-order valence-electron chi connectivity index (χ3n) is 6.84. The summed E-state index contributed by atoms with van der Waals surface area (Å²) in [6, 6.07) is 16.2. The number of rotatable bonds is 4. The van der Waals surface area contributed by atoms with Gasteiger partial charge in [0, 0.05) is 22.6 Å². The number of hydrogen-bond acceptors (Lipinski definition) is 4. The van der Waals surface area contributed by atoms with E-state index in [0.717, 1.165) is 53.6 Å². The zero-order valence-corrected chi connectivity index (χ0v) is 18.1. The lowest BCUT2D eigenvalue weighted by atomic mass is 9.77. The summed E-state index contributed by atoms with van der Waals surface area (Å²) in [7, 11) is 0. The van der Waals surface area contributed by atoms with E-state index in [2.05, 4.69) is 12.1 Å². The molecular formula is C24H27N2O3S+. The number of amides is 1. The lowest BCUT2D eigenvalue weighted by Gasteiger charge is -2.51. The van der Waals surface area contributed by atoms with Crippen LogP contribution < -0.4 is 4.90 Å². The van der Waals surface area contributed by atoms with Crippen LogP contribution >= 0.6 is 11.8 Å². The number of ether oxygens (including phenoxy) is 1. The van der Waals surface area contributed by atoms with Crippen molar-refractivity contribution in [1.29, 1.82) is 0 Å². The smallest absolute Gasteiger partial charge is 0.314 e. The van der Waals surface area contributed by atoms with Gasteiger partial charge in [0.2, 0.25) is 0 Å². The maximum absolute atomic E-state index is 13.8. The van der Waals surface area contributed by atoms with Crippen LogP contribution in [0.1, 0.15) is 19.8 Å². The van der Waals surface area contributed by atoms with E-state index in [9.17, 15) is 9.59 Å². The van der Waals surface area contributed by atoms with E-state index in [-0.39, 0.29) is 17.8 Å². The number of fused-ring (bicyclic) bond motifs is 5.